The number of carbonyl (C=O) groups is 2. The van der Waals surface area contributed by atoms with Crippen LogP contribution in [0.2, 0.25) is 0 Å². The molecule has 0 atom stereocenters. The average molecular weight is 146 g/mol. The molecule has 0 aromatic carbocycles. The van der Waals surface area contributed by atoms with Crippen molar-refractivity contribution in [3.8, 4) is 0 Å². The van der Waals surface area contributed by atoms with Crippen LogP contribution < -0.4 is 11.1 Å². The zero-order valence-electron chi connectivity index (χ0n) is 5.63. The summed E-state index contributed by atoms with van der Waals surface area (Å²) in [6.07, 6.45) is 0.0602. The van der Waals surface area contributed by atoms with Crippen LogP contribution in [-0.4, -0.2) is 24.2 Å². The van der Waals surface area contributed by atoms with Gasteiger partial charge in [0.2, 0.25) is 5.91 Å². The molecular formula is C5H10N2O3. The Bertz CT molecular complexity index is 133. The van der Waals surface area contributed by atoms with Crippen LogP contribution in [0, 0.1) is 0 Å². The molecule has 0 fully saturated rings. The second-order valence-electron chi connectivity index (χ2n) is 1.16. The van der Waals surface area contributed by atoms with Crippen molar-refractivity contribution in [1.29, 1.82) is 0 Å². The minimum atomic E-state index is -0.995. The second-order valence-corrected chi connectivity index (χ2v) is 1.16. The van der Waals surface area contributed by atoms with E-state index in [1.807, 2.05) is 5.32 Å². The van der Waals surface area contributed by atoms with Gasteiger partial charge in [0.25, 0.3) is 0 Å². The van der Waals surface area contributed by atoms with E-state index in [0.717, 1.165) is 6.08 Å². The van der Waals surface area contributed by atoms with Gasteiger partial charge in [-0.05, 0) is 6.08 Å². The van der Waals surface area contributed by atoms with Crippen LogP contribution in [-0.2, 0) is 4.79 Å². The summed E-state index contributed by atoms with van der Waals surface area (Å²) in [4.78, 5) is 18.7. The number of primary amides is 1. The molecule has 10 heavy (non-hydrogen) atoms. The maximum Gasteiger partial charge on any atom is 0.404 e. The molecule has 0 radical (unpaired) electrons. The van der Waals surface area contributed by atoms with Crippen LogP contribution in [0.15, 0.2) is 12.7 Å². The molecule has 0 aromatic rings. The van der Waals surface area contributed by atoms with Crippen molar-refractivity contribution < 1.29 is 14.7 Å². The number of nitrogens with one attached hydrogen (secondary N) is 1. The van der Waals surface area contributed by atoms with Gasteiger partial charge in [-0.15, -0.1) is 0 Å². The largest absolute Gasteiger partial charge is 0.465 e. The smallest absolute Gasteiger partial charge is 0.404 e. The van der Waals surface area contributed by atoms with Crippen molar-refractivity contribution in [2.45, 2.75) is 0 Å². The van der Waals surface area contributed by atoms with E-state index < -0.39 is 12.0 Å². The molecule has 0 spiro atoms. The van der Waals surface area contributed by atoms with Crippen LogP contribution in [0.5, 0.6) is 0 Å². The molecule has 0 unspecified atom stereocenters. The van der Waals surface area contributed by atoms with Crippen LogP contribution in [0.25, 0.3) is 0 Å². The average Bonchev–Trinajstić information content (AvgIpc) is 1.89. The molecule has 0 aliphatic heterocycles. The molecule has 0 rings (SSSR count). The first kappa shape index (κ1) is 11.3. The van der Waals surface area contributed by atoms with Gasteiger partial charge in [-0.1, -0.05) is 6.58 Å². The summed E-state index contributed by atoms with van der Waals surface area (Å²) in [6.45, 7) is 3.09. The van der Waals surface area contributed by atoms with Crippen molar-refractivity contribution >= 4 is 12.0 Å². The Labute approximate surface area is 58.5 Å². The number of carbonyl (C=O) groups excluding carboxylic acids is 1. The zero-order valence-corrected chi connectivity index (χ0v) is 5.63. The van der Waals surface area contributed by atoms with E-state index in [1.54, 1.807) is 0 Å². The van der Waals surface area contributed by atoms with Gasteiger partial charge < -0.3 is 16.2 Å². The van der Waals surface area contributed by atoms with Gasteiger partial charge in [-0.2, -0.15) is 0 Å². The number of hydrogen-bond acceptors (Lipinski definition) is 2. The van der Waals surface area contributed by atoms with Gasteiger partial charge >= 0.3 is 6.09 Å². The van der Waals surface area contributed by atoms with Gasteiger partial charge in [0, 0.05) is 7.05 Å². The van der Waals surface area contributed by atoms with Crippen molar-refractivity contribution in [3.63, 3.8) is 0 Å². The van der Waals surface area contributed by atoms with E-state index in [2.05, 4.69) is 12.3 Å². The monoisotopic (exact) mass is 146 g/mol. The van der Waals surface area contributed by atoms with E-state index in [1.165, 1.54) is 7.05 Å². The number of carboxylic acid groups (broad SMARTS) is 1. The van der Waals surface area contributed by atoms with Gasteiger partial charge in [0.15, 0.2) is 0 Å². The number of hydrogen-bond donors (Lipinski definition) is 3. The SMILES string of the molecule is C=CC(N)=O.CNC(=O)O. The quantitative estimate of drug-likeness (QED) is 0.437. The molecule has 4 N–H and O–H groups in total. The predicted octanol–water partition coefficient (Wildman–Crippen LogP) is -0.459. The van der Waals surface area contributed by atoms with E-state index >= 15 is 0 Å². The topological polar surface area (TPSA) is 92.4 Å². The van der Waals surface area contributed by atoms with Crippen LogP contribution >= 0.6 is 0 Å². The molecule has 0 aliphatic carbocycles. The van der Waals surface area contributed by atoms with Gasteiger partial charge in [0.05, 0.1) is 0 Å². The lowest BCUT2D eigenvalue weighted by Gasteiger charge is -1.78. The minimum Gasteiger partial charge on any atom is -0.465 e. The summed E-state index contributed by atoms with van der Waals surface area (Å²) in [5.74, 6) is -0.481. The first-order valence-corrected chi connectivity index (χ1v) is 2.37. The molecule has 2 amide bonds. The predicted molar refractivity (Wildman–Crippen MR) is 36.5 cm³/mol. The number of rotatable bonds is 1. The lowest BCUT2D eigenvalue weighted by atomic mass is 10.6. The standard InChI is InChI=1S/C3H5NO.C2H5NO2/c1-2-3(4)5;1-3-2(4)5/h2H,1H2,(H2,4,5);3H,1H3,(H,4,5). The molecule has 0 saturated carbocycles. The molecule has 0 saturated heterocycles. The fraction of sp³-hybridized carbons (Fsp3) is 0.200. The Morgan fingerprint density at radius 3 is 1.90 bits per heavy atom. The van der Waals surface area contributed by atoms with Crippen molar-refractivity contribution in [2.24, 2.45) is 5.73 Å². The van der Waals surface area contributed by atoms with Crippen molar-refractivity contribution in [2.75, 3.05) is 7.05 Å². The maximum atomic E-state index is 9.47. The molecule has 0 aliphatic rings. The molecule has 58 valence electrons. The zero-order chi connectivity index (χ0) is 8.57. The highest BCUT2D eigenvalue weighted by atomic mass is 16.4. The fourth-order valence-electron chi connectivity index (χ4n) is 0. The molecular weight excluding hydrogens is 136 g/mol. The summed E-state index contributed by atoms with van der Waals surface area (Å²) >= 11 is 0. The Kier molecular flexibility index (Phi) is 8.45. The Morgan fingerprint density at radius 2 is 1.90 bits per heavy atom. The number of nitrogens with two attached hydrogens (primary N) is 1. The van der Waals surface area contributed by atoms with Gasteiger partial charge in [-0.3, -0.25) is 4.79 Å². The van der Waals surface area contributed by atoms with E-state index in [9.17, 15) is 9.59 Å². The van der Waals surface area contributed by atoms with E-state index in [0.29, 0.717) is 0 Å². The Balaban J connectivity index is 0. The Morgan fingerprint density at radius 1 is 1.70 bits per heavy atom. The molecule has 5 heteroatoms. The summed E-state index contributed by atoms with van der Waals surface area (Å²) in [5, 5.41) is 9.56. The molecule has 0 heterocycles. The second kappa shape index (κ2) is 7.48. The third-order valence-electron chi connectivity index (χ3n) is 0.415. The molecule has 0 aromatic heterocycles. The highest BCUT2D eigenvalue weighted by Gasteiger charge is 1.76. The van der Waals surface area contributed by atoms with Crippen molar-refractivity contribution in [1.82, 2.24) is 5.32 Å². The summed E-state index contributed by atoms with van der Waals surface area (Å²) in [5.41, 5.74) is 4.53. The lowest BCUT2D eigenvalue weighted by molar-refractivity contribution is -0.113. The van der Waals surface area contributed by atoms with Gasteiger partial charge in [0.1, 0.15) is 0 Å². The van der Waals surface area contributed by atoms with Crippen LogP contribution in [0.4, 0.5) is 4.79 Å². The summed E-state index contributed by atoms with van der Waals surface area (Å²) < 4.78 is 0. The first-order chi connectivity index (χ1) is 4.54. The van der Waals surface area contributed by atoms with Crippen molar-refractivity contribution in [3.05, 3.63) is 12.7 Å². The first-order valence-electron chi connectivity index (χ1n) is 2.37. The summed E-state index contributed by atoms with van der Waals surface area (Å²) in [7, 11) is 1.35. The van der Waals surface area contributed by atoms with Crippen LogP contribution in [0.3, 0.4) is 0 Å². The van der Waals surface area contributed by atoms with E-state index in [-0.39, 0.29) is 0 Å². The van der Waals surface area contributed by atoms with E-state index in [4.69, 9.17) is 5.11 Å². The van der Waals surface area contributed by atoms with Gasteiger partial charge in [-0.25, -0.2) is 4.79 Å². The van der Waals surface area contributed by atoms with Crippen LogP contribution in [0.1, 0.15) is 0 Å². The lowest BCUT2D eigenvalue weighted by Crippen LogP contribution is -2.13. The highest BCUT2D eigenvalue weighted by molar-refractivity contribution is 5.84. The number of amides is 2. The maximum absolute atomic E-state index is 9.47. The highest BCUT2D eigenvalue weighted by Crippen LogP contribution is 1.48. The molecule has 0 bridgehead atoms. The molecule has 5 nitrogen and oxygen atoms in total. The summed E-state index contributed by atoms with van der Waals surface area (Å²) in [6, 6.07) is 0. The third kappa shape index (κ3) is 31.6. The fourth-order valence-corrected chi connectivity index (χ4v) is 0. The third-order valence-corrected chi connectivity index (χ3v) is 0.415. The Hall–Kier alpha value is -1.52. The minimum absolute atomic E-state index is 0.481. The normalized spacial score (nSPS) is 6.50.